The third-order valence-electron chi connectivity index (χ3n) is 3.27. The van der Waals surface area contributed by atoms with Gasteiger partial charge in [-0.25, -0.2) is 0 Å². The molecule has 2 N–H and O–H groups in total. The number of aromatic nitrogens is 1. The van der Waals surface area contributed by atoms with Crippen LogP contribution in [0.2, 0.25) is 0 Å². The molecule has 100 valence electrons. The Morgan fingerprint density at radius 3 is 2.56 bits per heavy atom. The Hall–Kier alpha value is -1.30. The highest BCUT2D eigenvalue weighted by Crippen LogP contribution is 2.29. The van der Waals surface area contributed by atoms with E-state index in [4.69, 9.17) is 0 Å². The molecule has 0 saturated carbocycles. The molecule has 3 nitrogen and oxygen atoms in total. The topological polar surface area (TPSA) is 44.9 Å². The summed E-state index contributed by atoms with van der Waals surface area (Å²) in [5.41, 5.74) is -0.968. The van der Waals surface area contributed by atoms with E-state index in [1.165, 1.54) is 0 Å². The number of alkyl halides is 3. The highest BCUT2D eigenvalue weighted by atomic mass is 19.4. The van der Waals surface area contributed by atoms with Gasteiger partial charge in [0.15, 0.2) is 0 Å². The summed E-state index contributed by atoms with van der Waals surface area (Å²) in [6.07, 6.45) is -1.46. The smallest absolute Gasteiger partial charge is 0.328 e. The van der Waals surface area contributed by atoms with Crippen LogP contribution in [0.4, 0.5) is 13.2 Å². The number of piperidine rings is 1. The van der Waals surface area contributed by atoms with E-state index >= 15 is 0 Å². The summed E-state index contributed by atoms with van der Waals surface area (Å²) in [6.45, 7) is 1.73. The second-order valence-electron chi connectivity index (χ2n) is 4.64. The van der Waals surface area contributed by atoms with Crippen molar-refractivity contribution in [2.45, 2.75) is 25.4 Å². The average molecular weight is 260 g/mol. The second-order valence-corrected chi connectivity index (χ2v) is 4.64. The average Bonchev–Trinajstić information content (AvgIpc) is 2.32. The lowest BCUT2D eigenvalue weighted by molar-refractivity contribution is -0.137. The number of pyridine rings is 1. The van der Waals surface area contributed by atoms with Crippen molar-refractivity contribution in [2.24, 2.45) is 5.92 Å². The molecule has 0 bridgehead atoms. The van der Waals surface area contributed by atoms with Gasteiger partial charge in [0, 0.05) is 11.8 Å². The van der Waals surface area contributed by atoms with Crippen LogP contribution in [0, 0.1) is 5.92 Å². The molecule has 0 atom stereocenters. The second kappa shape index (κ2) is 5.14. The van der Waals surface area contributed by atoms with E-state index in [9.17, 15) is 18.0 Å². The van der Waals surface area contributed by atoms with Crippen LogP contribution in [0.25, 0.3) is 0 Å². The van der Waals surface area contributed by atoms with Crippen molar-refractivity contribution in [3.05, 3.63) is 33.7 Å². The Kier molecular flexibility index (Phi) is 3.75. The highest BCUT2D eigenvalue weighted by Gasteiger charge is 2.31. The summed E-state index contributed by atoms with van der Waals surface area (Å²) in [6, 6.07) is 0.973. The van der Waals surface area contributed by atoms with Gasteiger partial charge in [0.1, 0.15) is 0 Å². The number of rotatable bonds is 2. The van der Waals surface area contributed by atoms with Crippen LogP contribution in [-0.4, -0.2) is 18.1 Å². The summed E-state index contributed by atoms with van der Waals surface area (Å²) in [5, 5.41) is 3.18. The Morgan fingerprint density at radius 1 is 1.28 bits per heavy atom. The van der Waals surface area contributed by atoms with Crippen LogP contribution in [0.1, 0.15) is 24.0 Å². The zero-order chi connectivity index (χ0) is 13.2. The molecule has 1 fully saturated rings. The maximum Gasteiger partial charge on any atom is 0.417 e. The first-order valence-electron chi connectivity index (χ1n) is 5.96. The maximum atomic E-state index is 12.5. The molecule has 2 heterocycles. The SMILES string of the molecule is O=c1[nH]cc(C(F)(F)F)cc1CC1CCNCC1. The van der Waals surface area contributed by atoms with E-state index in [2.05, 4.69) is 10.3 Å². The van der Waals surface area contributed by atoms with E-state index in [1.807, 2.05) is 0 Å². The van der Waals surface area contributed by atoms with Crippen molar-refractivity contribution in [3.63, 3.8) is 0 Å². The number of H-pyrrole nitrogens is 1. The number of aromatic amines is 1. The molecular formula is C12H15F3N2O. The molecule has 18 heavy (non-hydrogen) atoms. The van der Waals surface area contributed by atoms with E-state index in [1.54, 1.807) is 0 Å². The summed E-state index contributed by atoms with van der Waals surface area (Å²) >= 11 is 0. The van der Waals surface area contributed by atoms with Crippen molar-refractivity contribution in [1.29, 1.82) is 0 Å². The Bertz CT molecular complexity index is 461. The molecule has 0 amide bonds. The summed E-state index contributed by atoms with van der Waals surface area (Å²) < 4.78 is 37.6. The molecule has 0 radical (unpaired) electrons. The van der Waals surface area contributed by atoms with E-state index in [0.717, 1.165) is 38.2 Å². The lowest BCUT2D eigenvalue weighted by Gasteiger charge is -2.22. The third-order valence-corrected chi connectivity index (χ3v) is 3.27. The van der Waals surface area contributed by atoms with Gasteiger partial charge in [0.25, 0.3) is 5.56 Å². The van der Waals surface area contributed by atoms with Gasteiger partial charge < -0.3 is 10.3 Å². The highest BCUT2D eigenvalue weighted by molar-refractivity contribution is 5.21. The first-order valence-corrected chi connectivity index (χ1v) is 5.96. The molecular weight excluding hydrogens is 245 g/mol. The molecule has 1 aliphatic rings. The van der Waals surface area contributed by atoms with Gasteiger partial charge in [0.2, 0.25) is 0 Å². The van der Waals surface area contributed by atoms with Crippen LogP contribution in [0.3, 0.4) is 0 Å². The van der Waals surface area contributed by atoms with Crippen molar-refractivity contribution in [3.8, 4) is 0 Å². The van der Waals surface area contributed by atoms with Crippen molar-refractivity contribution in [1.82, 2.24) is 10.3 Å². The molecule has 1 aromatic heterocycles. The Morgan fingerprint density at radius 2 is 1.94 bits per heavy atom. The minimum absolute atomic E-state index is 0.233. The minimum atomic E-state index is -4.41. The fourth-order valence-electron chi connectivity index (χ4n) is 2.24. The van der Waals surface area contributed by atoms with Gasteiger partial charge >= 0.3 is 6.18 Å². The molecule has 0 aromatic carbocycles. The van der Waals surface area contributed by atoms with Gasteiger partial charge in [0.05, 0.1) is 5.56 Å². The molecule has 0 unspecified atom stereocenters. The maximum absolute atomic E-state index is 12.5. The monoisotopic (exact) mass is 260 g/mol. The predicted octanol–water partition coefficient (Wildman–Crippen LogP) is 1.94. The summed E-state index contributed by atoms with van der Waals surface area (Å²) in [4.78, 5) is 13.7. The van der Waals surface area contributed by atoms with E-state index < -0.39 is 17.3 Å². The van der Waals surface area contributed by atoms with Crippen LogP contribution < -0.4 is 10.9 Å². The number of nitrogens with one attached hydrogen (secondary N) is 2. The molecule has 2 rings (SSSR count). The zero-order valence-electron chi connectivity index (χ0n) is 9.81. The third kappa shape index (κ3) is 3.13. The molecule has 1 saturated heterocycles. The lowest BCUT2D eigenvalue weighted by atomic mass is 9.91. The molecule has 1 aliphatic heterocycles. The lowest BCUT2D eigenvalue weighted by Crippen LogP contribution is -2.30. The first-order chi connectivity index (χ1) is 8.47. The van der Waals surface area contributed by atoms with Crippen molar-refractivity contribution >= 4 is 0 Å². The van der Waals surface area contributed by atoms with E-state index in [0.29, 0.717) is 6.42 Å². The molecule has 1 aromatic rings. The normalized spacial score (nSPS) is 17.9. The van der Waals surface area contributed by atoms with Crippen LogP contribution in [0.5, 0.6) is 0 Å². The van der Waals surface area contributed by atoms with Crippen molar-refractivity contribution < 1.29 is 13.2 Å². The number of hydrogen-bond acceptors (Lipinski definition) is 2. The summed E-state index contributed by atoms with van der Waals surface area (Å²) in [5.74, 6) is 0.288. The summed E-state index contributed by atoms with van der Waals surface area (Å²) in [7, 11) is 0. The fraction of sp³-hybridized carbons (Fsp3) is 0.583. The van der Waals surface area contributed by atoms with Gasteiger partial charge in [-0.1, -0.05) is 0 Å². The van der Waals surface area contributed by atoms with Gasteiger partial charge in [-0.2, -0.15) is 13.2 Å². The Labute approximate surface area is 102 Å². The van der Waals surface area contributed by atoms with Gasteiger partial charge in [-0.05, 0) is 44.3 Å². The van der Waals surface area contributed by atoms with Gasteiger partial charge in [-0.3, -0.25) is 4.79 Å². The van der Waals surface area contributed by atoms with E-state index in [-0.39, 0.29) is 11.5 Å². The van der Waals surface area contributed by atoms with Crippen LogP contribution in [-0.2, 0) is 12.6 Å². The van der Waals surface area contributed by atoms with Crippen LogP contribution >= 0.6 is 0 Å². The standard InChI is InChI=1S/C12H15F3N2O/c13-12(14,15)10-6-9(11(18)17-7-10)5-8-1-3-16-4-2-8/h6-8,16H,1-5H2,(H,17,18). The Balaban J connectivity index is 2.18. The predicted molar refractivity (Wildman–Crippen MR) is 61.4 cm³/mol. The first kappa shape index (κ1) is 13.1. The van der Waals surface area contributed by atoms with Crippen LogP contribution in [0.15, 0.2) is 17.1 Å². The minimum Gasteiger partial charge on any atom is -0.328 e. The molecule has 6 heteroatoms. The van der Waals surface area contributed by atoms with Gasteiger partial charge in [-0.15, -0.1) is 0 Å². The zero-order valence-corrected chi connectivity index (χ0v) is 9.81. The number of hydrogen-bond donors (Lipinski definition) is 2. The molecule has 0 spiro atoms. The number of halogens is 3. The quantitative estimate of drug-likeness (QED) is 0.853. The van der Waals surface area contributed by atoms with Crippen molar-refractivity contribution in [2.75, 3.05) is 13.1 Å². The fourth-order valence-corrected chi connectivity index (χ4v) is 2.24. The molecule has 0 aliphatic carbocycles. The largest absolute Gasteiger partial charge is 0.417 e.